The van der Waals surface area contributed by atoms with E-state index >= 15 is 0 Å². The minimum Gasteiger partial charge on any atom is -0.399 e. The molecule has 2 heteroatoms. The average Bonchev–Trinajstić information content (AvgIpc) is 2.23. The molecule has 0 fully saturated rings. The average molecular weight is 257 g/mol. The van der Waals surface area contributed by atoms with Crippen LogP contribution < -0.4 is 5.73 Å². The summed E-state index contributed by atoms with van der Waals surface area (Å²) in [6.45, 7) is 6.37. The zero-order valence-corrected chi connectivity index (χ0v) is 12.0. The molecule has 0 amide bonds. The van der Waals surface area contributed by atoms with Gasteiger partial charge in [-0.15, -0.1) is 11.8 Å². The van der Waals surface area contributed by atoms with Gasteiger partial charge in [0.25, 0.3) is 0 Å². The van der Waals surface area contributed by atoms with Gasteiger partial charge in [-0.05, 0) is 50.1 Å². The summed E-state index contributed by atoms with van der Waals surface area (Å²) in [4.78, 5) is 1.24. The van der Waals surface area contributed by atoms with Crippen LogP contribution in [0.3, 0.4) is 0 Å². The van der Waals surface area contributed by atoms with Crippen LogP contribution in [0.4, 0.5) is 5.69 Å². The van der Waals surface area contributed by atoms with Gasteiger partial charge in [0.1, 0.15) is 0 Å². The van der Waals surface area contributed by atoms with Crippen molar-refractivity contribution in [3.8, 4) is 0 Å². The van der Waals surface area contributed by atoms with Crippen LogP contribution in [0.25, 0.3) is 0 Å². The van der Waals surface area contributed by atoms with Gasteiger partial charge in [0, 0.05) is 16.3 Å². The fraction of sp³-hybridized carbons (Fsp3) is 0.250. The van der Waals surface area contributed by atoms with E-state index in [0.29, 0.717) is 0 Å². The Balaban J connectivity index is 2.11. The van der Waals surface area contributed by atoms with Crippen LogP contribution in [-0.2, 0) is 5.75 Å². The van der Waals surface area contributed by atoms with Crippen LogP contribution in [0.5, 0.6) is 0 Å². The molecule has 0 saturated heterocycles. The van der Waals surface area contributed by atoms with Crippen molar-refractivity contribution < 1.29 is 0 Å². The van der Waals surface area contributed by atoms with Crippen LogP contribution in [0.1, 0.15) is 22.3 Å². The third-order valence-electron chi connectivity index (χ3n) is 2.76. The topological polar surface area (TPSA) is 26.0 Å². The highest BCUT2D eigenvalue weighted by Crippen LogP contribution is 2.26. The van der Waals surface area contributed by atoms with Crippen molar-refractivity contribution in [3.05, 3.63) is 58.7 Å². The van der Waals surface area contributed by atoms with Gasteiger partial charge >= 0.3 is 0 Å². The van der Waals surface area contributed by atoms with Crippen molar-refractivity contribution >= 4 is 17.4 Å². The number of hydrogen-bond acceptors (Lipinski definition) is 2. The predicted molar refractivity (Wildman–Crippen MR) is 81.1 cm³/mol. The van der Waals surface area contributed by atoms with Crippen molar-refractivity contribution in [2.24, 2.45) is 0 Å². The van der Waals surface area contributed by atoms with Crippen molar-refractivity contribution in [2.45, 2.75) is 31.4 Å². The Morgan fingerprint density at radius 3 is 2.06 bits per heavy atom. The van der Waals surface area contributed by atoms with Gasteiger partial charge in [0.2, 0.25) is 0 Å². The number of nitrogens with two attached hydrogens (primary N) is 1. The smallest absolute Gasteiger partial charge is 0.0327 e. The van der Waals surface area contributed by atoms with Gasteiger partial charge < -0.3 is 5.73 Å². The van der Waals surface area contributed by atoms with E-state index in [1.54, 1.807) is 0 Å². The van der Waals surface area contributed by atoms with Crippen LogP contribution in [0.15, 0.2) is 41.3 Å². The molecule has 0 aromatic heterocycles. The zero-order valence-electron chi connectivity index (χ0n) is 11.2. The minimum atomic E-state index is 0.845. The van der Waals surface area contributed by atoms with Gasteiger partial charge in [-0.25, -0.2) is 0 Å². The molecule has 0 spiro atoms. The lowest BCUT2D eigenvalue weighted by Gasteiger charge is -2.07. The quantitative estimate of drug-likeness (QED) is 0.648. The largest absolute Gasteiger partial charge is 0.399 e. The van der Waals surface area contributed by atoms with E-state index in [9.17, 15) is 0 Å². The Hall–Kier alpha value is -1.41. The Bertz CT molecular complexity index is 469. The molecule has 0 heterocycles. The highest BCUT2D eigenvalue weighted by atomic mass is 32.2. The summed E-state index contributed by atoms with van der Waals surface area (Å²) >= 11 is 1.84. The molecule has 2 rings (SSSR count). The van der Waals surface area contributed by atoms with Gasteiger partial charge in [0.05, 0.1) is 0 Å². The van der Waals surface area contributed by atoms with E-state index in [2.05, 4.69) is 45.0 Å². The maximum absolute atomic E-state index is 5.86. The number of rotatable bonds is 3. The number of thioether (sulfide) groups is 1. The number of aryl methyl sites for hydroxylation is 3. The second-order valence-electron chi connectivity index (χ2n) is 4.86. The van der Waals surface area contributed by atoms with E-state index in [-0.39, 0.29) is 0 Å². The third kappa shape index (κ3) is 3.54. The normalized spacial score (nSPS) is 10.6. The molecule has 18 heavy (non-hydrogen) atoms. The zero-order chi connectivity index (χ0) is 13.1. The molecule has 0 aliphatic rings. The SMILES string of the molecule is Cc1cc(C)cc(CSc2cc(C)cc(N)c2)c1. The number of benzene rings is 2. The fourth-order valence-corrected chi connectivity index (χ4v) is 3.17. The fourth-order valence-electron chi connectivity index (χ4n) is 2.18. The number of anilines is 1. The molecule has 0 radical (unpaired) electrons. The summed E-state index contributed by atoms with van der Waals surface area (Å²) in [6, 6.07) is 12.9. The Morgan fingerprint density at radius 2 is 1.44 bits per heavy atom. The van der Waals surface area contributed by atoms with Crippen LogP contribution in [-0.4, -0.2) is 0 Å². The van der Waals surface area contributed by atoms with Gasteiger partial charge in [-0.3, -0.25) is 0 Å². The second-order valence-corrected chi connectivity index (χ2v) is 5.91. The molecule has 0 bridgehead atoms. The highest BCUT2D eigenvalue weighted by molar-refractivity contribution is 7.98. The van der Waals surface area contributed by atoms with Crippen LogP contribution >= 0.6 is 11.8 Å². The molecule has 94 valence electrons. The summed E-state index contributed by atoms with van der Waals surface area (Å²) < 4.78 is 0. The molecular formula is C16H19NS. The summed E-state index contributed by atoms with van der Waals surface area (Å²) in [6.07, 6.45) is 0. The molecule has 0 unspecified atom stereocenters. The van der Waals surface area contributed by atoms with Crippen molar-refractivity contribution in [1.82, 2.24) is 0 Å². The third-order valence-corrected chi connectivity index (χ3v) is 3.81. The number of nitrogen functional groups attached to an aromatic ring is 1. The molecule has 2 N–H and O–H groups in total. The first-order valence-corrected chi connectivity index (χ1v) is 7.08. The molecule has 0 atom stereocenters. The Morgan fingerprint density at radius 1 is 0.833 bits per heavy atom. The molecule has 0 aliphatic carbocycles. The summed E-state index contributed by atoms with van der Waals surface area (Å²) in [7, 11) is 0. The van der Waals surface area contributed by atoms with Crippen molar-refractivity contribution in [2.75, 3.05) is 5.73 Å². The van der Waals surface area contributed by atoms with E-state index in [4.69, 9.17) is 5.73 Å². The molecule has 0 aliphatic heterocycles. The lowest BCUT2D eigenvalue weighted by atomic mass is 10.1. The Kier molecular flexibility index (Phi) is 3.97. The first-order chi connectivity index (χ1) is 8.52. The monoisotopic (exact) mass is 257 g/mol. The molecule has 1 nitrogen and oxygen atoms in total. The van der Waals surface area contributed by atoms with E-state index in [0.717, 1.165) is 11.4 Å². The van der Waals surface area contributed by atoms with Gasteiger partial charge in [-0.1, -0.05) is 29.3 Å². The van der Waals surface area contributed by atoms with Crippen molar-refractivity contribution in [1.29, 1.82) is 0 Å². The number of hydrogen-bond donors (Lipinski definition) is 1. The van der Waals surface area contributed by atoms with Crippen molar-refractivity contribution in [3.63, 3.8) is 0 Å². The maximum atomic E-state index is 5.86. The minimum absolute atomic E-state index is 0.845. The van der Waals surface area contributed by atoms with Crippen LogP contribution in [0, 0.1) is 20.8 Å². The van der Waals surface area contributed by atoms with Gasteiger partial charge in [-0.2, -0.15) is 0 Å². The Labute approximate surface area is 113 Å². The lowest BCUT2D eigenvalue weighted by molar-refractivity contribution is 1.29. The summed E-state index contributed by atoms with van der Waals surface area (Å²) in [5.74, 6) is 0.991. The van der Waals surface area contributed by atoms with E-state index < -0.39 is 0 Å². The molecule has 2 aromatic rings. The maximum Gasteiger partial charge on any atom is 0.0327 e. The van der Waals surface area contributed by atoms with Gasteiger partial charge in [0.15, 0.2) is 0 Å². The molecule has 0 saturated carbocycles. The van der Waals surface area contributed by atoms with E-state index in [1.165, 1.54) is 27.1 Å². The predicted octanol–water partition coefficient (Wildman–Crippen LogP) is 4.49. The van der Waals surface area contributed by atoms with Crippen LogP contribution in [0.2, 0.25) is 0 Å². The second kappa shape index (κ2) is 5.49. The lowest BCUT2D eigenvalue weighted by Crippen LogP contribution is -1.88. The first kappa shape index (κ1) is 13.0. The summed E-state index contributed by atoms with van der Waals surface area (Å²) in [5, 5.41) is 0. The first-order valence-electron chi connectivity index (χ1n) is 6.10. The molecular weight excluding hydrogens is 238 g/mol. The molecule has 2 aromatic carbocycles. The highest BCUT2D eigenvalue weighted by Gasteiger charge is 2.00. The van der Waals surface area contributed by atoms with E-state index in [1.807, 2.05) is 23.9 Å². The summed E-state index contributed by atoms with van der Waals surface area (Å²) in [5.41, 5.74) is 12.0. The standard InChI is InChI=1S/C16H19NS/c1-11-4-12(2)6-14(5-11)10-18-16-8-13(3)7-15(17)9-16/h4-9H,10,17H2,1-3H3.